The third-order valence-corrected chi connectivity index (χ3v) is 6.31. The maximum atomic E-state index is 13.0. The molecule has 1 aliphatic rings. The molecule has 0 spiro atoms. The Hall–Kier alpha value is -2.95. The van der Waals surface area contributed by atoms with Crippen LogP contribution in [0.3, 0.4) is 0 Å². The zero-order valence-electron chi connectivity index (χ0n) is 17.8. The molecular formula is C22H24F3N5O2S. The Morgan fingerprint density at radius 1 is 1.12 bits per heavy atom. The summed E-state index contributed by atoms with van der Waals surface area (Å²) in [7, 11) is 0. The number of piperidine rings is 1. The first-order valence-corrected chi connectivity index (χ1v) is 11.6. The van der Waals surface area contributed by atoms with Gasteiger partial charge >= 0.3 is 6.18 Å². The molecule has 0 aliphatic carbocycles. The first-order valence-electron chi connectivity index (χ1n) is 10.7. The minimum Gasteiger partial charge on any atom is -0.467 e. The fourth-order valence-electron chi connectivity index (χ4n) is 3.62. The van der Waals surface area contributed by atoms with Gasteiger partial charge in [-0.05, 0) is 49.6 Å². The van der Waals surface area contributed by atoms with Gasteiger partial charge in [-0.15, -0.1) is 10.2 Å². The van der Waals surface area contributed by atoms with Crippen molar-refractivity contribution in [3.63, 3.8) is 0 Å². The summed E-state index contributed by atoms with van der Waals surface area (Å²) in [6.07, 6.45) is 0.345. The number of aromatic nitrogens is 3. The van der Waals surface area contributed by atoms with Gasteiger partial charge in [0.25, 0.3) is 0 Å². The van der Waals surface area contributed by atoms with Crippen LogP contribution in [0.1, 0.15) is 36.4 Å². The highest BCUT2D eigenvalue weighted by Crippen LogP contribution is 2.31. The zero-order chi connectivity index (χ0) is 23.3. The highest BCUT2D eigenvalue weighted by molar-refractivity contribution is 7.99. The van der Waals surface area contributed by atoms with Crippen molar-refractivity contribution < 1.29 is 22.4 Å². The van der Waals surface area contributed by atoms with E-state index >= 15 is 0 Å². The van der Waals surface area contributed by atoms with Crippen LogP contribution in [0.4, 0.5) is 18.9 Å². The quantitative estimate of drug-likeness (QED) is 0.474. The second-order valence-corrected chi connectivity index (χ2v) is 8.67. The number of benzene rings is 1. The van der Waals surface area contributed by atoms with Crippen LogP contribution in [0.5, 0.6) is 0 Å². The van der Waals surface area contributed by atoms with E-state index in [9.17, 15) is 18.0 Å². The Labute approximate surface area is 193 Å². The fourth-order valence-corrected chi connectivity index (χ4v) is 4.48. The average molecular weight is 480 g/mol. The number of nitrogens with one attached hydrogen (secondary N) is 1. The number of rotatable bonds is 8. The second-order valence-electron chi connectivity index (χ2n) is 7.73. The van der Waals surface area contributed by atoms with E-state index in [1.54, 1.807) is 18.4 Å². The van der Waals surface area contributed by atoms with Crippen LogP contribution in [0.15, 0.2) is 52.2 Å². The lowest BCUT2D eigenvalue weighted by molar-refractivity contribution is -0.137. The number of hydrogen-bond acceptors (Lipinski definition) is 6. The van der Waals surface area contributed by atoms with E-state index in [4.69, 9.17) is 4.42 Å². The third kappa shape index (κ3) is 6.10. The molecule has 0 unspecified atom stereocenters. The van der Waals surface area contributed by atoms with Gasteiger partial charge < -0.3 is 14.6 Å². The van der Waals surface area contributed by atoms with E-state index < -0.39 is 11.7 Å². The van der Waals surface area contributed by atoms with Gasteiger partial charge in [0.2, 0.25) is 5.91 Å². The number of hydrogen-bond donors (Lipinski definition) is 1. The number of furan rings is 1. The van der Waals surface area contributed by atoms with Crippen LogP contribution in [0.25, 0.3) is 0 Å². The van der Waals surface area contributed by atoms with Gasteiger partial charge in [-0.25, -0.2) is 0 Å². The standard InChI is InChI=1S/C22H24F3N5O2S/c23-22(24,25)16-6-4-7-17(12-16)26-13-19-27-28-21(30(19)14-18-8-5-11-32-18)33-15-20(31)29-9-2-1-3-10-29/h4-8,11-12,26H,1-3,9-10,13-15H2. The topological polar surface area (TPSA) is 76.2 Å². The minimum atomic E-state index is -4.41. The summed E-state index contributed by atoms with van der Waals surface area (Å²) in [6.45, 7) is 2.07. The Morgan fingerprint density at radius 2 is 1.94 bits per heavy atom. The van der Waals surface area contributed by atoms with Gasteiger partial charge in [0.05, 0.1) is 30.7 Å². The molecule has 1 amide bonds. The van der Waals surface area contributed by atoms with E-state index in [0.29, 0.717) is 29.0 Å². The molecule has 176 valence electrons. The van der Waals surface area contributed by atoms with Gasteiger partial charge in [-0.1, -0.05) is 17.8 Å². The number of likely N-dealkylation sites (tertiary alicyclic amines) is 1. The number of carbonyl (C=O) groups excluding carboxylic acids is 1. The molecule has 11 heteroatoms. The second kappa shape index (κ2) is 10.3. The number of nitrogens with zero attached hydrogens (tertiary/aromatic N) is 4. The lowest BCUT2D eigenvalue weighted by atomic mass is 10.1. The molecule has 4 rings (SSSR count). The molecule has 1 N–H and O–H groups in total. The predicted molar refractivity (Wildman–Crippen MR) is 118 cm³/mol. The predicted octanol–water partition coefficient (Wildman–Crippen LogP) is 4.65. The van der Waals surface area contributed by atoms with Crippen molar-refractivity contribution in [3.05, 3.63) is 59.8 Å². The van der Waals surface area contributed by atoms with Crippen molar-refractivity contribution in [2.45, 2.75) is 43.7 Å². The molecule has 2 aromatic heterocycles. The summed E-state index contributed by atoms with van der Waals surface area (Å²) in [5.41, 5.74) is -0.399. The number of amides is 1. The van der Waals surface area contributed by atoms with Crippen molar-refractivity contribution in [1.29, 1.82) is 0 Å². The van der Waals surface area contributed by atoms with Gasteiger partial charge in [0, 0.05) is 18.8 Å². The lowest BCUT2D eigenvalue weighted by Crippen LogP contribution is -2.36. The van der Waals surface area contributed by atoms with Crippen LogP contribution in [0, 0.1) is 0 Å². The van der Waals surface area contributed by atoms with Crippen molar-refractivity contribution in [2.75, 3.05) is 24.2 Å². The Morgan fingerprint density at radius 3 is 2.67 bits per heavy atom. The highest BCUT2D eigenvalue weighted by Gasteiger charge is 2.30. The molecular weight excluding hydrogens is 455 g/mol. The fraction of sp³-hybridized carbons (Fsp3) is 0.409. The van der Waals surface area contributed by atoms with Crippen molar-refractivity contribution in [1.82, 2.24) is 19.7 Å². The number of halogens is 3. The van der Waals surface area contributed by atoms with E-state index in [0.717, 1.165) is 44.5 Å². The van der Waals surface area contributed by atoms with Crippen LogP contribution in [-0.4, -0.2) is 44.4 Å². The van der Waals surface area contributed by atoms with Crippen LogP contribution in [0.2, 0.25) is 0 Å². The molecule has 0 bridgehead atoms. The lowest BCUT2D eigenvalue weighted by Gasteiger charge is -2.26. The number of anilines is 1. The summed E-state index contributed by atoms with van der Waals surface area (Å²) >= 11 is 1.30. The summed E-state index contributed by atoms with van der Waals surface area (Å²) in [4.78, 5) is 14.4. The van der Waals surface area contributed by atoms with Crippen molar-refractivity contribution in [2.24, 2.45) is 0 Å². The monoisotopic (exact) mass is 479 g/mol. The van der Waals surface area contributed by atoms with E-state index in [2.05, 4.69) is 15.5 Å². The van der Waals surface area contributed by atoms with E-state index in [-0.39, 0.29) is 18.2 Å². The SMILES string of the molecule is O=C(CSc1nnc(CNc2cccc(C(F)(F)F)c2)n1Cc1ccco1)N1CCCCC1. The zero-order valence-corrected chi connectivity index (χ0v) is 18.7. The first-order chi connectivity index (χ1) is 15.9. The molecule has 1 saturated heterocycles. The molecule has 0 saturated carbocycles. The smallest absolute Gasteiger partial charge is 0.416 e. The Kier molecular flexibility index (Phi) is 7.26. The highest BCUT2D eigenvalue weighted by atomic mass is 32.2. The van der Waals surface area contributed by atoms with Crippen molar-refractivity contribution in [3.8, 4) is 0 Å². The molecule has 3 aromatic rings. The molecule has 0 radical (unpaired) electrons. The minimum absolute atomic E-state index is 0.0656. The van der Waals surface area contributed by atoms with Crippen LogP contribution >= 0.6 is 11.8 Å². The molecule has 33 heavy (non-hydrogen) atoms. The van der Waals surface area contributed by atoms with Crippen LogP contribution < -0.4 is 5.32 Å². The first kappa shape index (κ1) is 23.2. The normalized spacial score (nSPS) is 14.5. The maximum absolute atomic E-state index is 13.0. The average Bonchev–Trinajstić information content (AvgIpc) is 3.47. The van der Waals surface area contributed by atoms with Gasteiger partial charge in [0.15, 0.2) is 11.0 Å². The van der Waals surface area contributed by atoms with E-state index in [1.807, 2.05) is 15.5 Å². The van der Waals surface area contributed by atoms with Crippen molar-refractivity contribution >= 4 is 23.4 Å². The number of thioether (sulfide) groups is 1. The molecule has 0 atom stereocenters. The molecule has 7 nitrogen and oxygen atoms in total. The number of carbonyl (C=O) groups is 1. The van der Waals surface area contributed by atoms with E-state index in [1.165, 1.54) is 17.8 Å². The summed E-state index contributed by atoms with van der Waals surface area (Å²) in [5.74, 6) is 1.52. The third-order valence-electron chi connectivity index (χ3n) is 5.36. The molecule has 1 aliphatic heterocycles. The maximum Gasteiger partial charge on any atom is 0.416 e. The molecule has 1 fully saturated rings. The summed E-state index contributed by atoms with van der Waals surface area (Å²) in [5, 5.41) is 12.0. The molecule has 1 aromatic carbocycles. The molecule has 3 heterocycles. The van der Waals surface area contributed by atoms with Gasteiger partial charge in [-0.2, -0.15) is 13.2 Å². The number of alkyl halides is 3. The van der Waals surface area contributed by atoms with Gasteiger partial charge in [-0.3, -0.25) is 9.36 Å². The Bertz CT molecular complexity index is 1060. The van der Waals surface area contributed by atoms with Crippen LogP contribution in [-0.2, 0) is 24.1 Å². The Balaban J connectivity index is 1.47. The van der Waals surface area contributed by atoms with Gasteiger partial charge in [0.1, 0.15) is 5.76 Å². The summed E-state index contributed by atoms with van der Waals surface area (Å²) in [6, 6.07) is 8.59. The summed E-state index contributed by atoms with van der Waals surface area (Å²) < 4.78 is 46.2. The largest absolute Gasteiger partial charge is 0.467 e.